The van der Waals surface area contributed by atoms with Gasteiger partial charge in [0, 0.05) is 11.1 Å². The van der Waals surface area contributed by atoms with Gasteiger partial charge in [-0.1, -0.05) is 0 Å². The number of aromatic hydroxyl groups is 1. The number of amides is 1. The van der Waals surface area contributed by atoms with E-state index in [0.29, 0.717) is 28.3 Å². The summed E-state index contributed by atoms with van der Waals surface area (Å²) in [6.45, 7) is 0. The van der Waals surface area contributed by atoms with Gasteiger partial charge in [-0.15, -0.1) is 0 Å². The summed E-state index contributed by atoms with van der Waals surface area (Å²) in [7, 11) is 5.95. The van der Waals surface area contributed by atoms with Crippen molar-refractivity contribution in [2.24, 2.45) is 5.10 Å². The third-order valence-corrected chi connectivity index (χ3v) is 4.39. The Morgan fingerprint density at radius 2 is 1.68 bits per heavy atom. The van der Waals surface area contributed by atoms with Crippen LogP contribution in [0.4, 0.5) is 0 Å². The highest BCUT2D eigenvalue weighted by atomic mass is 16.5. The van der Waals surface area contributed by atoms with Crippen molar-refractivity contribution in [3.8, 4) is 40.0 Å². The maximum Gasteiger partial charge on any atom is 0.289 e. The fraction of sp³-hybridized carbons (Fsp3) is 0.190. The number of phenols is 1. The number of ether oxygens (including phenoxy) is 4. The molecule has 0 bridgehead atoms. The average Bonchev–Trinajstić information content (AvgIpc) is 3.29. The molecule has 0 atom stereocenters. The molecule has 1 aromatic heterocycles. The number of methoxy groups -OCH3 is 4. The van der Waals surface area contributed by atoms with Crippen molar-refractivity contribution in [1.82, 2.24) is 15.6 Å². The lowest BCUT2D eigenvalue weighted by Gasteiger charge is -2.09. The number of nitrogens with one attached hydrogen (secondary N) is 2. The molecule has 162 valence electrons. The van der Waals surface area contributed by atoms with Gasteiger partial charge in [0.15, 0.2) is 11.5 Å². The van der Waals surface area contributed by atoms with Crippen LogP contribution < -0.4 is 24.4 Å². The third-order valence-electron chi connectivity index (χ3n) is 4.39. The molecule has 0 aliphatic carbocycles. The molecule has 0 unspecified atom stereocenters. The number of H-pyrrole nitrogens is 1. The number of benzene rings is 2. The molecule has 10 nitrogen and oxygen atoms in total. The normalized spacial score (nSPS) is 10.7. The number of nitrogens with zero attached hydrogens (tertiary/aromatic N) is 2. The molecule has 0 fully saturated rings. The van der Waals surface area contributed by atoms with Crippen LogP contribution in [0.1, 0.15) is 16.1 Å². The number of phenolic OH excluding ortho intramolecular Hbond substituents is 1. The quantitative estimate of drug-likeness (QED) is 0.373. The van der Waals surface area contributed by atoms with Crippen LogP contribution in [0.15, 0.2) is 41.5 Å². The fourth-order valence-corrected chi connectivity index (χ4v) is 2.80. The number of carbonyl (C=O) groups is 1. The second-order valence-corrected chi connectivity index (χ2v) is 6.21. The Kier molecular flexibility index (Phi) is 6.61. The monoisotopic (exact) mass is 426 g/mol. The van der Waals surface area contributed by atoms with Crippen LogP contribution in [-0.2, 0) is 0 Å². The topological polar surface area (TPSA) is 127 Å². The van der Waals surface area contributed by atoms with Crippen LogP contribution in [0.5, 0.6) is 28.7 Å². The summed E-state index contributed by atoms with van der Waals surface area (Å²) in [5, 5.41) is 20.7. The Balaban J connectivity index is 1.75. The lowest BCUT2D eigenvalue weighted by atomic mass is 10.1. The molecule has 3 N–H and O–H groups in total. The van der Waals surface area contributed by atoms with E-state index in [4.69, 9.17) is 18.9 Å². The highest BCUT2D eigenvalue weighted by molar-refractivity contribution is 5.94. The molecule has 0 radical (unpaired) electrons. The standard InChI is InChI=1S/C21H22N4O6/c1-28-13-5-6-17(29-2)14(9-13)15-10-16(24-23-15)21(27)25-22-11-12-7-18(30-3)20(26)19(8-12)31-4/h5-11,26H,1-4H3,(H,23,24)(H,25,27). The van der Waals surface area contributed by atoms with E-state index in [9.17, 15) is 9.90 Å². The van der Waals surface area contributed by atoms with Crippen LogP contribution in [-0.4, -0.2) is 55.9 Å². The second kappa shape index (κ2) is 9.53. The first-order valence-corrected chi connectivity index (χ1v) is 9.06. The van der Waals surface area contributed by atoms with Crippen LogP contribution in [0, 0.1) is 0 Å². The predicted molar refractivity (Wildman–Crippen MR) is 113 cm³/mol. The zero-order valence-electron chi connectivity index (χ0n) is 17.4. The van der Waals surface area contributed by atoms with Gasteiger partial charge in [-0.25, -0.2) is 5.43 Å². The molecule has 3 rings (SSSR count). The van der Waals surface area contributed by atoms with E-state index < -0.39 is 5.91 Å². The van der Waals surface area contributed by atoms with Crippen molar-refractivity contribution in [2.75, 3.05) is 28.4 Å². The summed E-state index contributed by atoms with van der Waals surface area (Å²) in [6, 6.07) is 9.97. The van der Waals surface area contributed by atoms with E-state index in [0.717, 1.165) is 0 Å². The van der Waals surface area contributed by atoms with E-state index in [2.05, 4.69) is 20.7 Å². The molecule has 0 aliphatic rings. The number of aromatic nitrogens is 2. The van der Waals surface area contributed by atoms with Crippen LogP contribution >= 0.6 is 0 Å². The van der Waals surface area contributed by atoms with E-state index in [1.807, 2.05) is 0 Å². The van der Waals surface area contributed by atoms with Gasteiger partial charge in [0.05, 0.1) is 40.3 Å². The van der Waals surface area contributed by atoms with Gasteiger partial charge in [0.2, 0.25) is 5.75 Å². The summed E-state index contributed by atoms with van der Waals surface area (Å²) in [5.41, 5.74) is 4.35. The number of aromatic amines is 1. The van der Waals surface area contributed by atoms with Gasteiger partial charge in [-0.2, -0.15) is 10.2 Å². The molecule has 0 aliphatic heterocycles. The fourth-order valence-electron chi connectivity index (χ4n) is 2.80. The van der Waals surface area contributed by atoms with Crippen molar-refractivity contribution < 1.29 is 28.8 Å². The van der Waals surface area contributed by atoms with Crippen LogP contribution in [0.2, 0.25) is 0 Å². The van der Waals surface area contributed by atoms with E-state index in [1.165, 1.54) is 20.4 Å². The number of hydrogen-bond donors (Lipinski definition) is 3. The first-order chi connectivity index (χ1) is 15.0. The Labute approximate surface area is 178 Å². The third kappa shape index (κ3) is 4.69. The second-order valence-electron chi connectivity index (χ2n) is 6.21. The molecule has 1 heterocycles. The number of hydrogen-bond acceptors (Lipinski definition) is 8. The lowest BCUT2D eigenvalue weighted by Crippen LogP contribution is -2.18. The zero-order valence-corrected chi connectivity index (χ0v) is 17.4. The number of carbonyl (C=O) groups excluding carboxylic acids is 1. The minimum atomic E-state index is -0.491. The van der Waals surface area contributed by atoms with Crippen molar-refractivity contribution in [3.63, 3.8) is 0 Å². The van der Waals surface area contributed by atoms with E-state index in [-0.39, 0.29) is 22.9 Å². The van der Waals surface area contributed by atoms with Crippen molar-refractivity contribution >= 4 is 12.1 Å². The molecule has 10 heteroatoms. The largest absolute Gasteiger partial charge is 0.502 e. The Hall–Kier alpha value is -4.21. The highest BCUT2D eigenvalue weighted by Gasteiger charge is 2.15. The smallest absolute Gasteiger partial charge is 0.289 e. The van der Waals surface area contributed by atoms with Crippen molar-refractivity contribution in [1.29, 1.82) is 0 Å². The summed E-state index contributed by atoms with van der Waals surface area (Å²) in [4.78, 5) is 12.4. The summed E-state index contributed by atoms with van der Waals surface area (Å²) in [5.74, 6) is 1.05. The summed E-state index contributed by atoms with van der Waals surface area (Å²) in [6.07, 6.45) is 1.39. The van der Waals surface area contributed by atoms with Crippen LogP contribution in [0.3, 0.4) is 0 Å². The molecule has 0 saturated carbocycles. The van der Waals surface area contributed by atoms with Crippen LogP contribution in [0.25, 0.3) is 11.3 Å². The summed E-state index contributed by atoms with van der Waals surface area (Å²) < 4.78 is 20.8. The van der Waals surface area contributed by atoms with Gasteiger partial charge < -0.3 is 24.1 Å². The van der Waals surface area contributed by atoms with Gasteiger partial charge in [-0.3, -0.25) is 9.89 Å². The molecular formula is C21H22N4O6. The molecule has 31 heavy (non-hydrogen) atoms. The van der Waals surface area contributed by atoms with E-state index >= 15 is 0 Å². The summed E-state index contributed by atoms with van der Waals surface area (Å²) >= 11 is 0. The Bertz CT molecular complexity index is 1080. The molecule has 1 amide bonds. The van der Waals surface area contributed by atoms with Gasteiger partial charge in [-0.05, 0) is 36.4 Å². The van der Waals surface area contributed by atoms with Crippen molar-refractivity contribution in [3.05, 3.63) is 47.7 Å². The SMILES string of the molecule is COc1ccc(OC)c(-c2cc(C(=O)NN=Cc3cc(OC)c(O)c(OC)c3)[nH]n2)c1. The Morgan fingerprint density at radius 1 is 1.00 bits per heavy atom. The van der Waals surface area contributed by atoms with Gasteiger partial charge in [0.25, 0.3) is 5.91 Å². The maximum absolute atomic E-state index is 12.4. The molecular weight excluding hydrogens is 404 g/mol. The highest BCUT2D eigenvalue weighted by Crippen LogP contribution is 2.36. The molecule has 2 aromatic carbocycles. The number of rotatable bonds is 8. The zero-order chi connectivity index (χ0) is 22.4. The van der Waals surface area contributed by atoms with Gasteiger partial charge in [0.1, 0.15) is 17.2 Å². The van der Waals surface area contributed by atoms with E-state index in [1.54, 1.807) is 50.6 Å². The maximum atomic E-state index is 12.4. The minimum absolute atomic E-state index is 0.121. The predicted octanol–water partition coefficient (Wildman–Crippen LogP) is 2.58. The molecule has 0 spiro atoms. The minimum Gasteiger partial charge on any atom is -0.502 e. The first kappa shape index (κ1) is 21.5. The Morgan fingerprint density at radius 3 is 2.29 bits per heavy atom. The molecule has 3 aromatic rings. The molecule has 0 saturated heterocycles. The number of hydrazone groups is 1. The lowest BCUT2D eigenvalue weighted by molar-refractivity contribution is 0.0950. The first-order valence-electron chi connectivity index (χ1n) is 9.06. The average molecular weight is 426 g/mol. The van der Waals surface area contributed by atoms with Crippen molar-refractivity contribution in [2.45, 2.75) is 0 Å². The van der Waals surface area contributed by atoms with Gasteiger partial charge >= 0.3 is 0 Å².